The summed E-state index contributed by atoms with van der Waals surface area (Å²) >= 11 is 0. The van der Waals surface area contributed by atoms with E-state index in [1.54, 1.807) is 44.5 Å². The number of nitrogens with zero attached hydrogens (tertiary/aromatic N) is 2. The maximum absolute atomic E-state index is 12.7. The van der Waals surface area contributed by atoms with Crippen LogP contribution in [0.3, 0.4) is 0 Å². The Bertz CT molecular complexity index is 844. The van der Waals surface area contributed by atoms with E-state index in [4.69, 9.17) is 14.2 Å². The molecule has 1 heterocycles. The van der Waals surface area contributed by atoms with Crippen LogP contribution in [0.5, 0.6) is 5.75 Å². The van der Waals surface area contributed by atoms with Gasteiger partial charge < -0.3 is 14.2 Å². The molecule has 2 rings (SSSR count). The Kier molecular flexibility index (Phi) is 7.07. The van der Waals surface area contributed by atoms with Gasteiger partial charge in [0.15, 0.2) is 12.5 Å². The minimum atomic E-state index is -0.476. The molecule has 26 heavy (non-hydrogen) atoms. The van der Waals surface area contributed by atoms with Crippen molar-refractivity contribution in [2.45, 2.75) is 6.92 Å². The zero-order valence-corrected chi connectivity index (χ0v) is 14.6. The van der Waals surface area contributed by atoms with E-state index in [0.717, 1.165) is 0 Å². The number of allylic oxidation sites excluding steroid dienone is 1. The molecule has 0 aliphatic carbocycles. The first-order valence-corrected chi connectivity index (χ1v) is 7.91. The molecule has 0 aliphatic rings. The summed E-state index contributed by atoms with van der Waals surface area (Å²) in [5.41, 5.74) is 0.637. The van der Waals surface area contributed by atoms with Crippen molar-refractivity contribution in [2.24, 2.45) is 0 Å². The van der Waals surface area contributed by atoms with Crippen LogP contribution in [0.2, 0.25) is 0 Å². The molecule has 0 amide bonds. The van der Waals surface area contributed by atoms with E-state index < -0.39 is 4.92 Å². The fourth-order valence-corrected chi connectivity index (χ4v) is 2.27. The number of ether oxygens (including phenoxy) is 3. The normalized spacial score (nSPS) is 11.0. The molecule has 1 aromatic carbocycles. The number of rotatable bonds is 9. The van der Waals surface area contributed by atoms with Crippen LogP contribution >= 0.6 is 0 Å². The van der Waals surface area contributed by atoms with E-state index in [1.807, 2.05) is 0 Å². The van der Waals surface area contributed by atoms with E-state index in [2.05, 4.69) is 0 Å². The Morgan fingerprint density at radius 1 is 1.27 bits per heavy atom. The summed E-state index contributed by atoms with van der Waals surface area (Å²) in [6.45, 7) is 2.50. The molecule has 0 bridgehead atoms. The average molecular weight is 360 g/mol. The second-order valence-electron chi connectivity index (χ2n) is 5.21. The molecule has 1 aromatic heterocycles. The first kappa shape index (κ1) is 19.4. The number of non-ortho nitro benzene ring substituents is 1. The average Bonchev–Trinajstić information content (AvgIpc) is 2.63. The van der Waals surface area contributed by atoms with E-state index in [1.165, 1.54) is 22.8 Å². The van der Waals surface area contributed by atoms with Gasteiger partial charge in [0.05, 0.1) is 23.8 Å². The van der Waals surface area contributed by atoms with Gasteiger partial charge in [0.1, 0.15) is 0 Å². The zero-order chi connectivity index (χ0) is 18.9. The third kappa shape index (κ3) is 4.78. The van der Waals surface area contributed by atoms with Crippen molar-refractivity contribution in [2.75, 3.05) is 27.1 Å². The molecule has 0 atom stereocenters. The van der Waals surface area contributed by atoms with E-state index in [9.17, 15) is 14.9 Å². The molecule has 0 saturated carbocycles. The number of methoxy groups -OCH3 is 1. The highest BCUT2D eigenvalue weighted by Gasteiger charge is 2.13. The maximum atomic E-state index is 12.7. The molecule has 0 spiro atoms. The molecule has 138 valence electrons. The quantitative estimate of drug-likeness (QED) is 0.295. The molecule has 0 aliphatic heterocycles. The summed E-state index contributed by atoms with van der Waals surface area (Å²) in [5.74, 6) is 0.120. The topological polar surface area (TPSA) is 92.8 Å². The van der Waals surface area contributed by atoms with Crippen molar-refractivity contribution in [1.82, 2.24) is 4.57 Å². The summed E-state index contributed by atoms with van der Waals surface area (Å²) in [5, 5.41) is 11.0. The summed E-state index contributed by atoms with van der Waals surface area (Å²) in [7, 11) is 1.56. The van der Waals surface area contributed by atoms with Crippen LogP contribution in [0.1, 0.15) is 12.5 Å². The molecular formula is C18H20N2O6. The van der Waals surface area contributed by atoms with Gasteiger partial charge in [-0.2, -0.15) is 0 Å². The van der Waals surface area contributed by atoms with E-state index in [-0.39, 0.29) is 23.8 Å². The van der Waals surface area contributed by atoms with E-state index >= 15 is 0 Å². The lowest BCUT2D eigenvalue weighted by atomic mass is 10.1. The number of aromatic nitrogens is 1. The predicted molar refractivity (Wildman–Crippen MR) is 96.7 cm³/mol. The van der Waals surface area contributed by atoms with Crippen LogP contribution in [-0.4, -0.2) is 36.6 Å². The minimum absolute atomic E-state index is 0.0474. The van der Waals surface area contributed by atoms with Crippen molar-refractivity contribution < 1.29 is 19.1 Å². The SMILES string of the molecule is C/C=C/c1cc([N+](=O)[O-])ccc1-n1cccc(OCOCCOC)c1=O. The van der Waals surface area contributed by atoms with Crippen LogP contribution in [0, 0.1) is 10.1 Å². The highest BCUT2D eigenvalue weighted by molar-refractivity contribution is 5.64. The van der Waals surface area contributed by atoms with Gasteiger partial charge in [-0.3, -0.25) is 19.5 Å². The number of hydrogen-bond donors (Lipinski definition) is 0. The van der Waals surface area contributed by atoms with Crippen LogP contribution in [0.15, 0.2) is 47.4 Å². The van der Waals surface area contributed by atoms with Gasteiger partial charge in [0.25, 0.3) is 11.2 Å². The molecule has 8 heteroatoms. The first-order valence-electron chi connectivity index (χ1n) is 7.91. The van der Waals surface area contributed by atoms with Crippen LogP contribution in [0.4, 0.5) is 5.69 Å². The molecule has 0 N–H and O–H groups in total. The lowest BCUT2D eigenvalue weighted by Gasteiger charge is -2.12. The zero-order valence-electron chi connectivity index (χ0n) is 14.6. The highest BCUT2D eigenvalue weighted by Crippen LogP contribution is 2.22. The van der Waals surface area contributed by atoms with Crippen molar-refractivity contribution in [3.63, 3.8) is 0 Å². The summed E-state index contributed by atoms with van der Waals surface area (Å²) in [6.07, 6.45) is 5.03. The standard InChI is InChI=1S/C18H20N2O6/c1-3-5-14-12-15(20(22)23)7-8-16(14)19-9-4-6-17(18(19)21)26-13-25-11-10-24-2/h3-9,12H,10-11,13H2,1-2H3/b5-3+. The van der Waals surface area contributed by atoms with Crippen LogP contribution in [0.25, 0.3) is 11.8 Å². The molecule has 0 fully saturated rings. The summed E-state index contributed by atoms with van der Waals surface area (Å²) in [6, 6.07) is 7.51. The molecule has 0 saturated heterocycles. The van der Waals surface area contributed by atoms with Gasteiger partial charge >= 0.3 is 0 Å². The molecule has 0 unspecified atom stereocenters. The van der Waals surface area contributed by atoms with Gasteiger partial charge in [-0.05, 0) is 25.1 Å². The van der Waals surface area contributed by atoms with Crippen molar-refractivity contribution in [1.29, 1.82) is 0 Å². The molecule has 8 nitrogen and oxygen atoms in total. The van der Waals surface area contributed by atoms with Gasteiger partial charge in [0.2, 0.25) is 0 Å². The Morgan fingerprint density at radius 3 is 2.77 bits per heavy atom. The Labute approximate surface area is 150 Å². The number of benzene rings is 1. The second kappa shape index (κ2) is 9.50. The van der Waals surface area contributed by atoms with Crippen molar-refractivity contribution in [3.8, 4) is 11.4 Å². The smallest absolute Gasteiger partial charge is 0.297 e. The Hall–Kier alpha value is -2.97. The lowest BCUT2D eigenvalue weighted by Crippen LogP contribution is -2.21. The fourth-order valence-electron chi connectivity index (χ4n) is 2.27. The Morgan fingerprint density at radius 2 is 2.08 bits per heavy atom. The van der Waals surface area contributed by atoms with Gasteiger partial charge in [-0.25, -0.2) is 0 Å². The predicted octanol–water partition coefficient (Wildman–Crippen LogP) is 2.78. The highest BCUT2D eigenvalue weighted by atomic mass is 16.7. The van der Waals surface area contributed by atoms with E-state index in [0.29, 0.717) is 24.5 Å². The maximum Gasteiger partial charge on any atom is 0.297 e. The third-order valence-electron chi connectivity index (χ3n) is 3.47. The fraction of sp³-hybridized carbons (Fsp3) is 0.278. The number of nitro groups is 1. The number of hydrogen-bond acceptors (Lipinski definition) is 6. The van der Waals surface area contributed by atoms with Crippen molar-refractivity contribution in [3.05, 3.63) is 68.6 Å². The van der Waals surface area contributed by atoms with Crippen LogP contribution < -0.4 is 10.3 Å². The third-order valence-corrected chi connectivity index (χ3v) is 3.47. The monoisotopic (exact) mass is 360 g/mol. The molecule has 2 aromatic rings. The lowest BCUT2D eigenvalue weighted by molar-refractivity contribution is -0.384. The Balaban J connectivity index is 2.32. The summed E-state index contributed by atoms with van der Waals surface area (Å²) < 4.78 is 16.8. The van der Waals surface area contributed by atoms with Crippen LogP contribution in [-0.2, 0) is 9.47 Å². The largest absolute Gasteiger partial charge is 0.462 e. The second-order valence-corrected chi connectivity index (χ2v) is 5.21. The minimum Gasteiger partial charge on any atom is -0.462 e. The number of pyridine rings is 1. The molecule has 0 radical (unpaired) electrons. The van der Waals surface area contributed by atoms with Gasteiger partial charge in [0, 0.05) is 31.0 Å². The van der Waals surface area contributed by atoms with Gasteiger partial charge in [-0.15, -0.1) is 0 Å². The van der Waals surface area contributed by atoms with Gasteiger partial charge in [-0.1, -0.05) is 12.2 Å². The van der Waals surface area contributed by atoms with Crippen molar-refractivity contribution >= 4 is 11.8 Å². The number of nitro benzene ring substituents is 1. The molecular weight excluding hydrogens is 340 g/mol. The summed E-state index contributed by atoms with van der Waals surface area (Å²) in [4.78, 5) is 23.2. The first-order chi connectivity index (χ1) is 12.6.